The fourth-order valence-corrected chi connectivity index (χ4v) is 3.46. The van der Waals surface area contributed by atoms with Gasteiger partial charge in [0.25, 0.3) is 0 Å². The molecule has 0 aromatic carbocycles. The van der Waals surface area contributed by atoms with Gasteiger partial charge < -0.3 is 19.5 Å². The lowest BCUT2D eigenvalue weighted by Crippen LogP contribution is -2.39. The molecule has 0 heterocycles. The fourth-order valence-electron chi connectivity index (χ4n) is 3.46. The molecule has 24 heavy (non-hydrogen) atoms. The van der Waals surface area contributed by atoms with Crippen LogP contribution in [0, 0.1) is 23.7 Å². The van der Waals surface area contributed by atoms with E-state index in [1.807, 2.05) is 6.92 Å². The number of carbonyl (C=O) groups excluding carboxylic acids is 3. The zero-order valence-electron chi connectivity index (χ0n) is 15.4. The van der Waals surface area contributed by atoms with Crippen molar-refractivity contribution in [2.24, 2.45) is 23.7 Å². The highest BCUT2D eigenvalue weighted by molar-refractivity contribution is 5.78. The standard InChI is InChI=1S/C17H29NO6/c1-7-10-11(14(19)22-5)8-12(15(20)23-6)13(10)9-18-16(21)24-17(2,3)4/h10-13H,7-9H2,1-6H3,(H,18,21)/t10-,11+,12-,13-/m0/s1. The van der Waals surface area contributed by atoms with E-state index in [9.17, 15) is 14.4 Å². The Morgan fingerprint density at radius 3 is 1.92 bits per heavy atom. The van der Waals surface area contributed by atoms with Gasteiger partial charge in [-0.05, 0) is 39.0 Å². The normalized spacial score (nSPS) is 26.6. The number of methoxy groups -OCH3 is 2. The maximum Gasteiger partial charge on any atom is 0.407 e. The van der Waals surface area contributed by atoms with Gasteiger partial charge >= 0.3 is 18.0 Å². The molecule has 0 unspecified atom stereocenters. The van der Waals surface area contributed by atoms with Crippen LogP contribution in [0.3, 0.4) is 0 Å². The van der Waals surface area contributed by atoms with Gasteiger partial charge in [-0.15, -0.1) is 0 Å². The predicted octanol–water partition coefficient (Wildman–Crippen LogP) is 2.14. The van der Waals surface area contributed by atoms with E-state index in [1.54, 1.807) is 20.8 Å². The minimum Gasteiger partial charge on any atom is -0.469 e. The highest BCUT2D eigenvalue weighted by atomic mass is 16.6. The number of nitrogens with one attached hydrogen (secondary N) is 1. The van der Waals surface area contributed by atoms with Crippen LogP contribution < -0.4 is 5.32 Å². The molecular formula is C17H29NO6. The van der Waals surface area contributed by atoms with Crippen LogP contribution in [0.25, 0.3) is 0 Å². The minimum atomic E-state index is -0.597. The SMILES string of the molecule is CC[C@@H]1[C@H](CNC(=O)OC(C)(C)C)[C@@H](C(=O)OC)C[C@H]1C(=O)OC. The number of esters is 2. The topological polar surface area (TPSA) is 90.9 Å². The second-order valence-electron chi connectivity index (χ2n) is 7.11. The molecule has 1 rings (SSSR count). The Labute approximate surface area is 143 Å². The van der Waals surface area contributed by atoms with Gasteiger partial charge in [-0.25, -0.2) is 4.79 Å². The molecule has 1 fully saturated rings. The monoisotopic (exact) mass is 343 g/mol. The molecule has 0 aliphatic heterocycles. The van der Waals surface area contributed by atoms with Crippen LogP contribution in [0.15, 0.2) is 0 Å². The highest BCUT2D eigenvalue weighted by Crippen LogP contribution is 2.44. The van der Waals surface area contributed by atoms with Gasteiger partial charge in [-0.1, -0.05) is 13.3 Å². The molecule has 1 N–H and O–H groups in total. The van der Waals surface area contributed by atoms with E-state index in [-0.39, 0.29) is 36.2 Å². The molecule has 138 valence electrons. The lowest BCUT2D eigenvalue weighted by Gasteiger charge is -2.26. The number of amides is 1. The molecule has 7 nitrogen and oxygen atoms in total. The Bertz CT molecular complexity index is 470. The molecular weight excluding hydrogens is 314 g/mol. The Morgan fingerprint density at radius 2 is 1.50 bits per heavy atom. The van der Waals surface area contributed by atoms with E-state index in [4.69, 9.17) is 14.2 Å². The van der Waals surface area contributed by atoms with Crippen LogP contribution in [-0.2, 0) is 23.8 Å². The van der Waals surface area contributed by atoms with Gasteiger partial charge in [0.2, 0.25) is 0 Å². The van der Waals surface area contributed by atoms with E-state index < -0.39 is 17.6 Å². The summed E-state index contributed by atoms with van der Waals surface area (Å²) >= 11 is 0. The zero-order valence-corrected chi connectivity index (χ0v) is 15.4. The Hall–Kier alpha value is -1.79. The third-order valence-electron chi connectivity index (χ3n) is 4.45. The van der Waals surface area contributed by atoms with Gasteiger partial charge in [-0.2, -0.15) is 0 Å². The summed E-state index contributed by atoms with van der Waals surface area (Å²) in [6.45, 7) is 7.55. The molecule has 1 aliphatic rings. The number of carbonyl (C=O) groups is 3. The molecule has 1 saturated carbocycles. The molecule has 0 radical (unpaired) electrons. The van der Waals surface area contributed by atoms with Gasteiger partial charge in [-0.3, -0.25) is 9.59 Å². The number of hydrogen-bond donors (Lipinski definition) is 1. The van der Waals surface area contributed by atoms with Crippen molar-refractivity contribution in [1.82, 2.24) is 5.32 Å². The largest absolute Gasteiger partial charge is 0.469 e. The first-order valence-electron chi connectivity index (χ1n) is 8.27. The molecule has 0 spiro atoms. The summed E-state index contributed by atoms with van der Waals surface area (Å²) in [5.74, 6) is -1.75. The second-order valence-corrected chi connectivity index (χ2v) is 7.11. The van der Waals surface area contributed by atoms with Crippen molar-refractivity contribution < 1.29 is 28.6 Å². The van der Waals surface area contributed by atoms with Crippen molar-refractivity contribution in [1.29, 1.82) is 0 Å². The first kappa shape index (κ1) is 20.3. The zero-order chi connectivity index (χ0) is 18.5. The summed E-state index contributed by atoms with van der Waals surface area (Å²) < 4.78 is 15.0. The van der Waals surface area contributed by atoms with Gasteiger partial charge in [0, 0.05) is 6.54 Å². The molecule has 0 aromatic rings. The van der Waals surface area contributed by atoms with Crippen molar-refractivity contribution in [3.8, 4) is 0 Å². The highest BCUT2D eigenvalue weighted by Gasteiger charge is 2.49. The predicted molar refractivity (Wildman–Crippen MR) is 87.1 cm³/mol. The molecule has 0 saturated heterocycles. The van der Waals surface area contributed by atoms with E-state index in [0.29, 0.717) is 12.8 Å². The van der Waals surface area contributed by atoms with Crippen LogP contribution in [-0.4, -0.2) is 44.4 Å². The van der Waals surface area contributed by atoms with Crippen LogP contribution in [0.4, 0.5) is 4.79 Å². The molecule has 1 amide bonds. The summed E-state index contributed by atoms with van der Waals surface area (Å²) in [4.78, 5) is 36.0. The van der Waals surface area contributed by atoms with E-state index in [2.05, 4.69) is 5.32 Å². The summed E-state index contributed by atoms with van der Waals surface area (Å²) in [7, 11) is 2.67. The summed E-state index contributed by atoms with van der Waals surface area (Å²) in [5.41, 5.74) is -0.597. The van der Waals surface area contributed by atoms with Crippen LogP contribution in [0.2, 0.25) is 0 Å². The third kappa shape index (κ3) is 5.11. The lowest BCUT2D eigenvalue weighted by molar-refractivity contribution is -0.147. The summed E-state index contributed by atoms with van der Waals surface area (Å²) in [6.07, 6.45) is 0.536. The fraction of sp³-hybridized carbons (Fsp3) is 0.824. The van der Waals surface area contributed by atoms with Crippen molar-refractivity contribution >= 4 is 18.0 Å². The maximum atomic E-state index is 12.1. The first-order valence-corrected chi connectivity index (χ1v) is 8.27. The number of hydrogen-bond acceptors (Lipinski definition) is 6. The van der Waals surface area contributed by atoms with E-state index >= 15 is 0 Å². The van der Waals surface area contributed by atoms with Crippen molar-refractivity contribution in [3.63, 3.8) is 0 Å². The van der Waals surface area contributed by atoms with Crippen LogP contribution in [0.1, 0.15) is 40.5 Å². The quantitative estimate of drug-likeness (QED) is 0.607. The van der Waals surface area contributed by atoms with Gasteiger partial charge in [0.15, 0.2) is 0 Å². The summed E-state index contributed by atoms with van der Waals surface area (Å²) in [5, 5.41) is 2.71. The molecule has 0 bridgehead atoms. The smallest absolute Gasteiger partial charge is 0.407 e. The molecule has 7 heteroatoms. The van der Waals surface area contributed by atoms with Crippen LogP contribution >= 0.6 is 0 Å². The van der Waals surface area contributed by atoms with Crippen LogP contribution in [0.5, 0.6) is 0 Å². The van der Waals surface area contributed by atoms with Crippen molar-refractivity contribution in [3.05, 3.63) is 0 Å². The third-order valence-corrected chi connectivity index (χ3v) is 4.45. The minimum absolute atomic E-state index is 0.0588. The number of ether oxygens (including phenoxy) is 3. The van der Waals surface area contributed by atoms with Gasteiger partial charge in [0.1, 0.15) is 5.60 Å². The van der Waals surface area contributed by atoms with Crippen molar-refractivity contribution in [2.45, 2.75) is 46.1 Å². The van der Waals surface area contributed by atoms with Gasteiger partial charge in [0.05, 0.1) is 26.1 Å². The number of alkyl carbamates (subject to hydrolysis) is 1. The number of rotatable bonds is 5. The molecule has 1 aliphatic carbocycles. The Balaban J connectivity index is 2.86. The Morgan fingerprint density at radius 1 is 1.00 bits per heavy atom. The molecule has 4 atom stereocenters. The second kappa shape index (κ2) is 8.35. The lowest BCUT2D eigenvalue weighted by atomic mass is 9.85. The van der Waals surface area contributed by atoms with Crippen molar-refractivity contribution in [2.75, 3.05) is 20.8 Å². The first-order chi connectivity index (χ1) is 11.1. The average molecular weight is 343 g/mol. The maximum absolute atomic E-state index is 12.1. The Kier molecular flexibility index (Phi) is 7.05. The van der Waals surface area contributed by atoms with E-state index in [1.165, 1.54) is 14.2 Å². The average Bonchev–Trinajstić information content (AvgIpc) is 2.88. The van der Waals surface area contributed by atoms with E-state index in [0.717, 1.165) is 0 Å². The summed E-state index contributed by atoms with van der Waals surface area (Å²) in [6, 6.07) is 0. The molecule has 0 aromatic heterocycles.